The molecule has 0 spiro atoms. The summed E-state index contributed by atoms with van der Waals surface area (Å²) < 4.78 is 27.9. The maximum absolute atomic E-state index is 12.4. The Hall–Kier alpha value is -1.02. The molecular weight excluding hydrogens is 316 g/mol. The van der Waals surface area contributed by atoms with Crippen LogP contribution in [0.15, 0.2) is 0 Å². The maximum Gasteiger partial charge on any atom is 0.293 e. The lowest BCUT2D eigenvalue weighted by Gasteiger charge is -2.34. The van der Waals surface area contributed by atoms with Crippen LogP contribution < -0.4 is 0 Å². The Bertz CT molecular complexity index is 437. The second-order valence-electron chi connectivity index (χ2n) is 6.81. The Morgan fingerprint density at radius 1 is 1.29 bits per heavy atom. The van der Waals surface area contributed by atoms with Crippen LogP contribution in [-0.4, -0.2) is 63.3 Å². The SMILES string of the molecule is COC[C@@H](OC)[C@@H](OC=O)[C@@H]1OC(C)(C)O[C@H]1C1CCCCC1=O. The van der Waals surface area contributed by atoms with Crippen molar-refractivity contribution < 1.29 is 33.3 Å². The van der Waals surface area contributed by atoms with Gasteiger partial charge >= 0.3 is 0 Å². The molecule has 1 heterocycles. The lowest BCUT2D eigenvalue weighted by atomic mass is 9.80. The zero-order chi connectivity index (χ0) is 17.7. The summed E-state index contributed by atoms with van der Waals surface area (Å²) in [5.41, 5.74) is 0. The summed E-state index contributed by atoms with van der Waals surface area (Å²) in [6, 6.07) is 0. The molecule has 7 nitrogen and oxygen atoms in total. The van der Waals surface area contributed by atoms with E-state index in [-0.39, 0.29) is 18.3 Å². The van der Waals surface area contributed by atoms with Crippen LogP contribution in [0.5, 0.6) is 0 Å². The van der Waals surface area contributed by atoms with E-state index in [0.29, 0.717) is 12.9 Å². The lowest BCUT2D eigenvalue weighted by molar-refractivity contribution is -0.180. The number of Topliss-reactive ketones (excluding diaryl/α,β-unsaturated/α-hetero) is 1. The van der Waals surface area contributed by atoms with E-state index in [9.17, 15) is 9.59 Å². The smallest absolute Gasteiger partial charge is 0.293 e. The summed E-state index contributed by atoms with van der Waals surface area (Å²) in [7, 11) is 3.06. The molecule has 0 aromatic heterocycles. The second kappa shape index (κ2) is 8.38. The van der Waals surface area contributed by atoms with Crippen molar-refractivity contribution in [2.75, 3.05) is 20.8 Å². The van der Waals surface area contributed by atoms with Crippen LogP contribution in [0.25, 0.3) is 0 Å². The van der Waals surface area contributed by atoms with E-state index in [2.05, 4.69) is 0 Å². The predicted molar refractivity (Wildman–Crippen MR) is 84.4 cm³/mol. The molecule has 1 aliphatic heterocycles. The number of hydrogen-bond acceptors (Lipinski definition) is 7. The van der Waals surface area contributed by atoms with Gasteiger partial charge in [0.15, 0.2) is 11.9 Å². The van der Waals surface area contributed by atoms with Crippen LogP contribution in [0.4, 0.5) is 0 Å². The molecule has 1 saturated carbocycles. The van der Waals surface area contributed by atoms with E-state index < -0.39 is 30.2 Å². The first-order valence-electron chi connectivity index (χ1n) is 8.42. The molecule has 138 valence electrons. The normalized spacial score (nSPS) is 32.3. The minimum absolute atomic E-state index is 0.183. The molecule has 5 atom stereocenters. The Morgan fingerprint density at radius 3 is 2.62 bits per heavy atom. The summed E-state index contributed by atoms with van der Waals surface area (Å²) in [5.74, 6) is -0.922. The maximum atomic E-state index is 12.4. The van der Waals surface area contributed by atoms with Crippen molar-refractivity contribution >= 4 is 12.3 Å². The first-order chi connectivity index (χ1) is 11.4. The topological polar surface area (TPSA) is 80.3 Å². The fourth-order valence-corrected chi connectivity index (χ4v) is 3.64. The highest BCUT2D eigenvalue weighted by Gasteiger charge is 2.52. The van der Waals surface area contributed by atoms with Crippen LogP contribution in [0, 0.1) is 5.92 Å². The first kappa shape index (κ1) is 19.3. The van der Waals surface area contributed by atoms with Crippen molar-refractivity contribution in [1.82, 2.24) is 0 Å². The second-order valence-corrected chi connectivity index (χ2v) is 6.81. The first-order valence-corrected chi connectivity index (χ1v) is 8.42. The number of carbonyl (C=O) groups is 2. The number of ketones is 1. The van der Waals surface area contributed by atoms with Gasteiger partial charge in [0.25, 0.3) is 6.47 Å². The van der Waals surface area contributed by atoms with E-state index in [0.717, 1.165) is 19.3 Å². The quantitative estimate of drug-likeness (QED) is 0.617. The Kier molecular flexibility index (Phi) is 6.74. The van der Waals surface area contributed by atoms with Crippen molar-refractivity contribution in [3.63, 3.8) is 0 Å². The fraction of sp³-hybridized carbons (Fsp3) is 0.882. The molecular formula is C17H28O7. The van der Waals surface area contributed by atoms with E-state index in [1.54, 1.807) is 21.0 Å². The van der Waals surface area contributed by atoms with Crippen molar-refractivity contribution in [3.8, 4) is 0 Å². The van der Waals surface area contributed by atoms with Crippen molar-refractivity contribution in [2.24, 2.45) is 5.92 Å². The molecule has 0 amide bonds. The summed E-state index contributed by atoms with van der Waals surface area (Å²) >= 11 is 0. The van der Waals surface area contributed by atoms with Gasteiger partial charge in [0, 0.05) is 26.6 Å². The number of ether oxygens (including phenoxy) is 5. The third kappa shape index (κ3) is 4.33. The van der Waals surface area contributed by atoms with Gasteiger partial charge in [-0.15, -0.1) is 0 Å². The molecule has 2 aliphatic rings. The molecule has 0 aromatic carbocycles. The van der Waals surface area contributed by atoms with Gasteiger partial charge in [0.05, 0.1) is 6.61 Å². The molecule has 1 aliphatic carbocycles. The van der Waals surface area contributed by atoms with E-state index in [4.69, 9.17) is 23.7 Å². The third-order valence-electron chi connectivity index (χ3n) is 4.70. The number of hydrogen-bond donors (Lipinski definition) is 0. The lowest BCUT2D eigenvalue weighted by Crippen LogP contribution is -2.50. The molecule has 1 saturated heterocycles. The summed E-state index contributed by atoms with van der Waals surface area (Å²) in [4.78, 5) is 23.4. The zero-order valence-corrected chi connectivity index (χ0v) is 14.9. The van der Waals surface area contributed by atoms with Gasteiger partial charge in [-0.25, -0.2) is 0 Å². The van der Waals surface area contributed by atoms with Crippen LogP contribution in [0.1, 0.15) is 39.5 Å². The summed E-state index contributed by atoms with van der Waals surface area (Å²) in [5, 5.41) is 0. The predicted octanol–water partition coefficient (Wildman–Crippen LogP) is 1.47. The van der Waals surface area contributed by atoms with Crippen LogP contribution in [0.3, 0.4) is 0 Å². The van der Waals surface area contributed by atoms with Crippen LogP contribution in [0.2, 0.25) is 0 Å². The van der Waals surface area contributed by atoms with Gasteiger partial charge in [0.2, 0.25) is 0 Å². The Balaban J connectivity index is 2.26. The monoisotopic (exact) mass is 344 g/mol. The Labute approximate surface area is 142 Å². The number of carbonyl (C=O) groups excluding carboxylic acids is 2. The molecule has 0 N–H and O–H groups in total. The molecule has 0 bridgehead atoms. The van der Waals surface area contributed by atoms with E-state index in [1.165, 1.54) is 7.11 Å². The molecule has 0 radical (unpaired) electrons. The van der Waals surface area contributed by atoms with Gasteiger partial charge in [-0.3, -0.25) is 9.59 Å². The zero-order valence-electron chi connectivity index (χ0n) is 14.9. The molecule has 24 heavy (non-hydrogen) atoms. The molecule has 7 heteroatoms. The van der Waals surface area contributed by atoms with Crippen molar-refractivity contribution in [2.45, 2.75) is 69.7 Å². The van der Waals surface area contributed by atoms with Gasteiger partial charge in [0.1, 0.15) is 24.1 Å². The molecule has 2 fully saturated rings. The molecule has 2 rings (SSSR count). The van der Waals surface area contributed by atoms with E-state index >= 15 is 0 Å². The minimum atomic E-state index is -0.858. The average molecular weight is 344 g/mol. The fourth-order valence-electron chi connectivity index (χ4n) is 3.64. The van der Waals surface area contributed by atoms with Gasteiger partial charge < -0.3 is 23.7 Å². The highest BCUT2D eigenvalue weighted by Crippen LogP contribution is 2.39. The van der Waals surface area contributed by atoms with Crippen LogP contribution in [-0.2, 0) is 33.3 Å². The highest BCUT2D eigenvalue weighted by atomic mass is 16.8. The molecule has 0 aromatic rings. The van der Waals surface area contributed by atoms with Crippen molar-refractivity contribution in [3.05, 3.63) is 0 Å². The Morgan fingerprint density at radius 2 is 2.04 bits per heavy atom. The van der Waals surface area contributed by atoms with Gasteiger partial charge in [-0.1, -0.05) is 6.42 Å². The van der Waals surface area contributed by atoms with Crippen molar-refractivity contribution in [1.29, 1.82) is 0 Å². The summed E-state index contributed by atoms with van der Waals surface area (Å²) in [6.45, 7) is 4.20. The third-order valence-corrected chi connectivity index (χ3v) is 4.70. The number of methoxy groups -OCH3 is 2. The highest BCUT2D eigenvalue weighted by molar-refractivity contribution is 5.82. The number of rotatable bonds is 8. The van der Waals surface area contributed by atoms with Crippen LogP contribution >= 0.6 is 0 Å². The summed E-state index contributed by atoms with van der Waals surface area (Å²) in [6.07, 6.45) is 0.935. The van der Waals surface area contributed by atoms with Gasteiger partial charge in [-0.05, 0) is 26.7 Å². The molecule has 1 unspecified atom stereocenters. The van der Waals surface area contributed by atoms with Gasteiger partial charge in [-0.2, -0.15) is 0 Å². The standard InChI is InChI=1S/C17H28O7/c1-17(2)23-14(11-7-5-6-8-12(11)19)16(24-17)15(22-10-18)13(21-4)9-20-3/h10-11,13-16H,5-9H2,1-4H3/t11?,13-,14+,15-,16-/m1/s1. The average Bonchev–Trinajstić information content (AvgIpc) is 2.86. The largest absolute Gasteiger partial charge is 0.459 e. The van der Waals surface area contributed by atoms with E-state index in [1.807, 2.05) is 0 Å². The minimum Gasteiger partial charge on any atom is -0.459 e.